The zero-order chi connectivity index (χ0) is 15.7. The van der Waals surface area contributed by atoms with Crippen molar-refractivity contribution in [2.45, 2.75) is 45.9 Å². The summed E-state index contributed by atoms with van der Waals surface area (Å²) in [6.45, 7) is 7.31. The van der Waals surface area contributed by atoms with Crippen molar-refractivity contribution in [2.75, 3.05) is 13.1 Å². The summed E-state index contributed by atoms with van der Waals surface area (Å²) in [7, 11) is 0. The number of halogens is 1. The molecule has 3 rings (SSSR count). The van der Waals surface area contributed by atoms with Gasteiger partial charge in [-0.15, -0.1) is 0 Å². The van der Waals surface area contributed by atoms with Crippen LogP contribution in [0, 0.1) is 11.7 Å². The van der Waals surface area contributed by atoms with Gasteiger partial charge in [-0.25, -0.2) is 9.37 Å². The van der Waals surface area contributed by atoms with Crippen molar-refractivity contribution in [3.8, 4) is 0 Å². The van der Waals surface area contributed by atoms with Gasteiger partial charge in [-0.1, -0.05) is 6.07 Å². The number of rotatable bonds is 4. The molecule has 2 atom stereocenters. The largest absolute Gasteiger partial charge is 0.393 e. The molecular weight excluding hydrogens is 281 g/mol. The molecule has 0 radical (unpaired) electrons. The van der Waals surface area contributed by atoms with E-state index < -0.39 is 0 Å². The Morgan fingerprint density at radius 3 is 3.00 bits per heavy atom. The van der Waals surface area contributed by atoms with Gasteiger partial charge >= 0.3 is 0 Å². The third kappa shape index (κ3) is 2.88. The molecule has 2 heterocycles. The van der Waals surface area contributed by atoms with Crippen LogP contribution in [-0.4, -0.2) is 38.8 Å². The Labute approximate surface area is 130 Å². The summed E-state index contributed by atoms with van der Waals surface area (Å²) in [4.78, 5) is 6.86. The lowest BCUT2D eigenvalue weighted by molar-refractivity contribution is 0.0585. The minimum absolute atomic E-state index is 0.258. The molecule has 4 nitrogen and oxygen atoms in total. The predicted molar refractivity (Wildman–Crippen MR) is 85.0 cm³/mol. The molecule has 0 aliphatic carbocycles. The molecule has 5 heteroatoms. The summed E-state index contributed by atoms with van der Waals surface area (Å²) in [5.41, 5.74) is 1.32. The van der Waals surface area contributed by atoms with Crippen molar-refractivity contribution in [1.29, 1.82) is 0 Å². The number of aromatic nitrogens is 2. The molecule has 0 spiro atoms. The molecule has 1 fully saturated rings. The molecule has 1 aliphatic rings. The summed E-state index contributed by atoms with van der Waals surface area (Å²) in [6.07, 6.45) is 1.90. The molecule has 2 aromatic rings. The maximum Gasteiger partial charge on any atom is 0.151 e. The fourth-order valence-corrected chi connectivity index (χ4v) is 3.46. The Bertz CT molecular complexity index is 653. The molecule has 1 N–H and O–H groups in total. The molecule has 22 heavy (non-hydrogen) atoms. The van der Waals surface area contributed by atoms with Gasteiger partial charge in [-0.3, -0.25) is 4.90 Å². The zero-order valence-electron chi connectivity index (χ0n) is 13.3. The number of nitrogens with zero attached hydrogens (tertiary/aromatic N) is 3. The second kappa shape index (κ2) is 6.34. The van der Waals surface area contributed by atoms with Crippen LogP contribution in [0.15, 0.2) is 18.2 Å². The van der Waals surface area contributed by atoms with Crippen LogP contribution < -0.4 is 0 Å². The first-order valence-corrected chi connectivity index (χ1v) is 8.14. The highest BCUT2D eigenvalue weighted by Crippen LogP contribution is 2.24. The average molecular weight is 305 g/mol. The molecule has 1 aromatic carbocycles. The SMILES string of the molecule is CCn1c(CN2CCCC(C(C)O)C2)nc2c(F)cccc21. The third-order valence-corrected chi connectivity index (χ3v) is 4.71. The van der Waals surface area contributed by atoms with Crippen LogP contribution in [0.4, 0.5) is 4.39 Å². The van der Waals surface area contributed by atoms with Crippen molar-refractivity contribution < 1.29 is 9.50 Å². The van der Waals surface area contributed by atoms with E-state index in [0.717, 1.165) is 43.8 Å². The zero-order valence-corrected chi connectivity index (χ0v) is 13.3. The van der Waals surface area contributed by atoms with Crippen molar-refractivity contribution in [2.24, 2.45) is 5.92 Å². The highest BCUT2D eigenvalue weighted by molar-refractivity contribution is 5.76. The van der Waals surface area contributed by atoms with E-state index in [1.54, 1.807) is 6.07 Å². The van der Waals surface area contributed by atoms with Crippen LogP contribution in [0.1, 0.15) is 32.5 Å². The van der Waals surface area contributed by atoms with E-state index in [0.29, 0.717) is 18.0 Å². The maximum absolute atomic E-state index is 13.9. The number of aryl methyl sites for hydroxylation is 1. The quantitative estimate of drug-likeness (QED) is 0.944. The third-order valence-electron chi connectivity index (χ3n) is 4.71. The van der Waals surface area contributed by atoms with Crippen LogP contribution >= 0.6 is 0 Å². The Kier molecular flexibility index (Phi) is 4.45. The molecule has 1 saturated heterocycles. The minimum Gasteiger partial charge on any atom is -0.393 e. The molecule has 0 saturated carbocycles. The van der Waals surface area contributed by atoms with Gasteiger partial charge in [0, 0.05) is 13.1 Å². The van der Waals surface area contributed by atoms with E-state index in [9.17, 15) is 9.50 Å². The molecule has 120 valence electrons. The number of piperidine rings is 1. The average Bonchev–Trinajstić information content (AvgIpc) is 2.86. The Morgan fingerprint density at radius 2 is 2.27 bits per heavy atom. The standard InChI is InChI=1S/C17H24FN3O/c1-3-21-15-8-4-7-14(18)17(15)19-16(21)11-20-9-5-6-13(10-20)12(2)22/h4,7-8,12-13,22H,3,5-6,9-11H2,1-2H3. The van der Waals surface area contributed by atoms with Gasteiger partial charge in [0.15, 0.2) is 5.82 Å². The number of likely N-dealkylation sites (tertiary alicyclic amines) is 1. The van der Waals surface area contributed by atoms with E-state index in [1.807, 2.05) is 13.0 Å². The Hall–Kier alpha value is -1.46. The van der Waals surface area contributed by atoms with E-state index >= 15 is 0 Å². The lowest BCUT2D eigenvalue weighted by Gasteiger charge is -2.33. The number of fused-ring (bicyclic) bond motifs is 1. The fourth-order valence-electron chi connectivity index (χ4n) is 3.46. The summed E-state index contributed by atoms with van der Waals surface area (Å²) >= 11 is 0. The first-order valence-electron chi connectivity index (χ1n) is 8.14. The molecule has 2 unspecified atom stereocenters. The number of para-hydroxylation sites is 1. The topological polar surface area (TPSA) is 41.3 Å². The van der Waals surface area contributed by atoms with E-state index in [1.165, 1.54) is 6.07 Å². The van der Waals surface area contributed by atoms with Gasteiger partial charge in [0.05, 0.1) is 18.2 Å². The lowest BCUT2D eigenvalue weighted by atomic mass is 9.93. The van der Waals surface area contributed by atoms with Crippen LogP contribution in [0.5, 0.6) is 0 Å². The van der Waals surface area contributed by atoms with Crippen LogP contribution in [-0.2, 0) is 13.1 Å². The van der Waals surface area contributed by atoms with Crippen molar-refractivity contribution in [3.63, 3.8) is 0 Å². The Balaban J connectivity index is 1.86. The molecular formula is C17H24FN3O. The van der Waals surface area contributed by atoms with Gasteiger partial charge < -0.3 is 9.67 Å². The summed E-state index contributed by atoms with van der Waals surface area (Å²) in [5.74, 6) is 0.977. The molecule has 0 bridgehead atoms. The normalized spacial score (nSPS) is 21.4. The first-order chi connectivity index (χ1) is 10.6. The van der Waals surface area contributed by atoms with Crippen LogP contribution in [0.25, 0.3) is 11.0 Å². The number of hydrogen-bond acceptors (Lipinski definition) is 3. The predicted octanol–water partition coefficient (Wildman–Crippen LogP) is 2.79. The highest BCUT2D eigenvalue weighted by Gasteiger charge is 2.25. The van der Waals surface area contributed by atoms with E-state index in [4.69, 9.17) is 0 Å². The van der Waals surface area contributed by atoms with Gasteiger partial charge in [0.1, 0.15) is 11.3 Å². The first kappa shape index (κ1) is 15.4. The van der Waals surface area contributed by atoms with Crippen molar-refractivity contribution in [3.05, 3.63) is 29.8 Å². The number of hydrogen-bond donors (Lipinski definition) is 1. The summed E-state index contributed by atoms with van der Waals surface area (Å²) in [6, 6.07) is 5.12. The van der Waals surface area contributed by atoms with Gasteiger partial charge in [-0.2, -0.15) is 0 Å². The minimum atomic E-state index is -0.273. The maximum atomic E-state index is 13.9. The number of imidazole rings is 1. The number of aliphatic hydroxyl groups is 1. The number of benzene rings is 1. The smallest absolute Gasteiger partial charge is 0.151 e. The van der Waals surface area contributed by atoms with Crippen LogP contribution in [0.2, 0.25) is 0 Å². The van der Waals surface area contributed by atoms with Gasteiger partial charge in [-0.05, 0) is 51.3 Å². The molecule has 0 amide bonds. The molecule has 1 aromatic heterocycles. The highest BCUT2D eigenvalue weighted by atomic mass is 19.1. The fraction of sp³-hybridized carbons (Fsp3) is 0.588. The van der Waals surface area contributed by atoms with E-state index in [2.05, 4.69) is 21.4 Å². The second-order valence-corrected chi connectivity index (χ2v) is 6.26. The monoisotopic (exact) mass is 305 g/mol. The van der Waals surface area contributed by atoms with Crippen LogP contribution in [0.3, 0.4) is 0 Å². The van der Waals surface area contributed by atoms with Gasteiger partial charge in [0.2, 0.25) is 0 Å². The Morgan fingerprint density at radius 1 is 1.45 bits per heavy atom. The second-order valence-electron chi connectivity index (χ2n) is 6.26. The van der Waals surface area contributed by atoms with E-state index in [-0.39, 0.29) is 11.9 Å². The lowest BCUT2D eigenvalue weighted by Crippen LogP contribution is -2.39. The molecule has 1 aliphatic heterocycles. The van der Waals surface area contributed by atoms with Crippen molar-refractivity contribution in [1.82, 2.24) is 14.5 Å². The number of aliphatic hydroxyl groups excluding tert-OH is 1. The summed E-state index contributed by atoms with van der Waals surface area (Å²) in [5, 5.41) is 9.82. The summed E-state index contributed by atoms with van der Waals surface area (Å²) < 4.78 is 16.0. The van der Waals surface area contributed by atoms with Crippen molar-refractivity contribution >= 4 is 11.0 Å². The van der Waals surface area contributed by atoms with Gasteiger partial charge in [0.25, 0.3) is 0 Å².